The number of nitrogen functional groups attached to an aromatic ring is 1. The number of benzene rings is 1. The van der Waals surface area contributed by atoms with Gasteiger partial charge in [-0.25, -0.2) is 0 Å². The van der Waals surface area contributed by atoms with Crippen LogP contribution >= 0.6 is 0 Å². The molecule has 16 heavy (non-hydrogen) atoms. The Bertz CT molecular complexity index is 379. The molecule has 0 aliphatic carbocycles. The van der Waals surface area contributed by atoms with Gasteiger partial charge in [0.25, 0.3) is 0 Å². The lowest BCUT2D eigenvalue weighted by Crippen LogP contribution is -2.44. The summed E-state index contributed by atoms with van der Waals surface area (Å²) in [7, 11) is 2.18. The van der Waals surface area contributed by atoms with E-state index >= 15 is 0 Å². The summed E-state index contributed by atoms with van der Waals surface area (Å²) in [6.07, 6.45) is 0. The van der Waals surface area contributed by atoms with Crippen LogP contribution < -0.4 is 10.6 Å². The molecular weight excluding hydrogens is 198 g/mol. The zero-order valence-electron chi connectivity index (χ0n) is 10.5. The molecule has 2 rings (SSSR count). The Labute approximate surface area is 97.8 Å². The number of piperazine rings is 1. The van der Waals surface area contributed by atoms with Crippen molar-refractivity contribution in [3.05, 3.63) is 23.3 Å². The number of likely N-dealkylation sites (N-methyl/N-ethyl adjacent to an activating group) is 1. The molecule has 1 aromatic carbocycles. The molecule has 1 saturated heterocycles. The van der Waals surface area contributed by atoms with Gasteiger partial charge in [-0.15, -0.1) is 0 Å². The third-order valence-electron chi connectivity index (χ3n) is 3.64. The fraction of sp³-hybridized carbons (Fsp3) is 0.538. The van der Waals surface area contributed by atoms with Gasteiger partial charge in [0.1, 0.15) is 0 Å². The Hall–Kier alpha value is -1.22. The molecule has 0 spiro atoms. The fourth-order valence-corrected chi connectivity index (χ4v) is 2.22. The predicted molar refractivity (Wildman–Crippen MR) is 70.0 cm³/mol. The molecule has 1 aromatic rings. The van der Waals surface area contributed by atoms with Gasteiger partial charge >= 0.3 is 0 Å². The molecule has 1 heterocycles. The monoisotopic (exact) mass is 219 g/mol. The summed E-state index contributed by atoms with van der Waals surface area (Å²) in [6, 6.07) is 4.18. The van der Waals surface area contributed by atoms with Crippen LogP contribution in [-0.4, -0.2) is 38.1 Å². The normalized spacial score (nSPS) is 17.8. The highest BCUT2D eigenvalue weighted by atomic mass is 15.2. The maximum atomic E-state index is 5.91. The Kier molecular flexibility index (Phi) is 3.06. The predicted octanol–water partition coefficient (Wildman–Crippen LogP) is 1.64. The first-order chi connectivity index (χ1) is 7.59. The summed E-state index contributed by atoms with van der Waals surface area (Å²) >= 11 is 0. The topological polar surface area (TPSA) is 32.5 Å². The molecule has 0 saturated carbocycles. The van der Waals surface area contributed by atoms with E-state index in [1.165, 1.54) is 16.8 Å². The molecule has 0 radical (unpaired) electrons. The number of hydrogen-bond acceptors (Lipinski definition) is 3. The minimum absolute atomic E-state index is 0.898. The standard InChI is InChI=1S/C13H21N3/c1-10-11(2)13(5-4-12(10)14)16-8-6-15(3)7-9-16/h4-5H,6-9,14H2,1-3H3. The van der Waals surface area contributed by atoms with E-state index in [0.717, 1.165) is 31.9 Å². The zero-order valence-corrected chi connectivity index (χ0v) is 10.5. The second kappa shape index (κ2) is 4.34. The van der Waals surface area contributed by atoms with E-state index in [2.05, 4.69) is 36.8 Å². The van der Waals surface area contributed by atoms with E-state index in [1.807, 2.05) is 6.07 Å². The quantitative estimate of drug-likeness (QED) is 0.729. The van der Waals surface area contributed by atoms with Crippen molar-refractivity contribution in [1.29, 1.82) is 0 Å². The zero-order chi connectivity index (χ0) is 11.7. The van der Waals surface area contributed by atoms with E-state index in [-0.39, 0.29) is 0 Å². The van der Waals surface area contributed by atoms with Gasteiger partial charge < -0.3 is 15.5 Å². The van der Waals surface area contributed by atoms with Crippen LogP contribution in [0.2, 0.25) is 0 Å². The van der Waals surface area contributed by atoms with E-state index in [0.29, 0.717) is 0 Å². The number of nitrogens with two attached hydrogens (primary N) is 1. The first-order valence-corrected chi connectivity index (χ1v) is 5.89. The van der Waals surface area contributed by atoms with E-state index in [9.17, 15) is 0 Å². The van der Waals surface area contributed by atoms with Crippen LogP contribution in [0.3, 0.4) is 0 Å². The Morgan fingerprint density at radius 2 is 1.62 bits per heavy atom. The molecule has 1 aliphatic heterocycles. The van der Waals surface area contributed by atoms with Gasteiger partial charge in [0.05, 0.1) is 0 Å². The van der Waals surface area contributed by atoms with Crippen molar-refractivity contribution in [1.82, 2.24) is 4.90 Å². The van der Waals surface area contributed by atoms with Crippen molar-refractivity contribution in [3.8, 4) is 0 Å². The summed E-state index contributed by atoms with van der Waals surface area (Å²) in [6.45, 7) is 8.77. The van der Waals surface area contributed by atoms with Crippen molar-refractivity contribution >= 4 is 11.4 Å². The summed E-state index contributed by atoms with van der Waals surface area (Å²) < 4.78 is 0. The molecule has 3 heteroatoms. The lowest BCUT2D eigenvalue weighted by molar-refractivity contribution is 0.312. The van der Waals surface area contributed by atoms with E-state index < -0.39 is 0 Å². The van der Waals surface area contributed by atoms with Gasteiger partial charge in [-0.2, -0.15) is 0 Å². The lowest BCUT2D eigenvalue weighted by Gasteiger charge is -2.35. The minimum Gasteiger partial charge on any atom is -0.399 e. The second-order valence-electron chi connectivity index (χ2n) is 4.71. The molecule has 1 fully saturated rings. The number of anilines is 2. The fourth-order valence-electron chi connectivity index (χ4n) is 2.22. The third kappa shape index (κ3) is 2.00. The molecule has 1 aliphatic rings. The van der Waals surface area contributed by atoms with Crippen molar-refractivity contribution in [3.63, 3.8) is 0 Å². The molecular formula is C13H21N3. The first kappa shape index (κ1) is 11.3. The Morgan fingerprint density at radius 1 is 1.00 bits per heavy atom. The van der Waals surface area contributed by atoms with Crippen molar-refractivity contribution in [2.75, 3.05) is 43.9 Å². The van der Waals surface area contributed by atoms with Crippen LogP contribution in [-0.2, 0) is 0 Å². The van der Waals surface area contributed by atoms with Crippen LogP contribution in [0.1, 0.15) is 11.1 Å². The highest BCUT2D eigenvalue weighted by Crippen LogP contribution is 2.27. The summed E-state index contributed by atoms with van der Waals surface area (Å²) in [5.41, 5.74) is 10.7. The molecule has 3 nitrogen and oxygen atoms in total. The smallest absolute Gasteiger partial charge is 0.0400 e. The van der Waals surface area contributed by atoms with Gasteiger partial charge in [-0.1, -0.05) is 0 Å². The highest BCUT2D eigenvalue weighted by molar-refractivity contribution is 5.64. The maximum absolute atomic E-state index is 5.91. The van der Waals surface area contributed by atoms with Gasteiger partial charge in [0.2, 0.25) is 0 Å². The van der Waals surface area contributed by atoms with Gasteiger partial charge in [0.15, 0.2) is 0 Å². The lowest BCUT2D eigenvalue weighted by atomic mass is 10.0. The van der Waals surface area contributed by atoms with Crippen LogP contribution in [0.4, 0.5) is 11.4 Å². The highest BCUT2D eigenvalue weighted by Gasteiger charge is 2.16. The molecule has 0 bridgehead atoms. The molecule has 0 amide bonds. The van der Waals surface area contributed by atoms with Crippen LogP contribution in [0.25, 0.3) is 0 Å². The summed E-state index contributed by atoms with van der Waals surface area (Å²) in [5, 5.41) is 0. The van der Waals surface area contributed by atoms with Crippen molar-refractivity contribution in [2.45, 2.75) is 13.8 Å². The molecule has 0 atom stereocenters. The number of rotatable bonds is 1. The molecule has 0 aromatic heterocycles. The first-order valence-electron chi connectivity index (χ1n) is 5.89. The van der Waals surface area contributed by atoms with Crippen molar-refractivity contribution in [2.24, 2.45) is 0 Å². The minimum atomic E-state index is 0.898. The van der Waals surface area contributed by atoms with Crippen molar-refractivity contribution < 1.29 is 0 Å². The van der Waals surface area contributed by atoms with E-state index in [1.54, 1.807) is 0 Å². The molecule has 0 unspecified atom stereocenters. The molecule has 88 valence electrons. The average Bonchev–Trinajstić information content (AvgIpc) is 2.28. The van der Waals surface area contributed by atoms with E-state index in [4.69, 9.17) is 5.73 Å². The Morgan fingerprint density at radius 3 is 2.25 bits per heavy atom. The molecule has 2 N–H and O–H groups in total. The van der Waals surface area contributed by atoms with Gasteiger partial charge in [-0.05, 0) is 44.2 Å². The van der Waals surface area contributed by atoms with Crippen LogP contribution in [0, 0.1) is 13.8 Å². The van der Waals surface area contributed by atoms with Crippen LogP contribution in [0.5, 0.6) is 0 Å². The summed E-state index contributed by atoms with van der Waals surface area (Å²) in [5.74, 6) is 0. The van der Waals surface area contributed by atoms with Gasteiger partial charge in [-0.3, -0.25) is 0 Å². The second-order valence-corrected chi connectivity index (χ2v) is 4.71. The average molecular weight is 219 g/mol. The number of nitrogens with zero attached hydrogens (tertiary/aromatic N) is 2. The summed E-state index contributed by atoms with van der Waals surface area (Å²) in [4.78, 5) is 4.83. The van der Waals surface area contributed by atoms with Gasteiger partial charge in [0, 0.05) is 37.6 Å². The third-order valence-corrected chi connectivity index (χ3v) is 3.64. The number of hydrogen-bond donors (Lipinski definition) is 1. The largest absolute Gasteiger partial charge is 0.399 e. The SMILES string of the molecule is Cc1c(N)ccc(N2CCN(C)CC2)c1C. The van der Waals surface area contributed by atoms with Crippen LogP contribution in [0.15, 0.2) is 12.1 Å². The maximum Gasteiger partial charge on any atom is 0.0400 e. The Balaban J connectivity index is 2.24.